The second-order valence-electron chi connectivity index (χ2n) is 8.75. The maximum atomic E-state index is 12.7. The SMILES string of the molecule is COc1ccc(SCc2c(O[C@@](C)(c3ccccc3)c3ncc[nH]3)ccc3c2CCCC3=O)cc1. The molecule has 0 saturated carbocycles. The van der Waals surface area contributed by atoms with Gasteiger partial charge < -0.3 is 14.5 Å². The van der Waals surface area contributed by atoms with Gasteiger partial charge in [-0.15, -0.1) is 11.8 Å². The molecule has 0 saturated heterocycles. The molecule has 1 aromatic heterocycles. The highest BCUT2D eigenvalue weighted by Gasteiger charge is 2.35. The molecule has 178 valence electrons. The Morgan fingerprint density at radius 2 is 1.83 bits per heavy atom. The molecule has 0 bridgehead atoms. The normalized spacial score (nSPS) is 14.7. The van der Waals surface area contributed by atoms with E-state index >= 15 is 0 Å². The van der Waals surface area contributed by atoms with E-state index in [2.05, 4.69) is 34.2 Å². The first kappa shape index (κ1) is 23.2. The largest absolute Gasteiger partial charge is 0.497 e. The first-order valence-corrected chi connectivity index (χ1v) is 12.8. The molecule has 5 nitrogen and oxygen atoms in total. The highest BCUT2D eigenvalue weighted by atomic mass is 32.2. The van der Waals surface area contributed by atoms with E-state index < -0.39 is 5.60 Å². The van der Waals surface area contributed by atoms with Gasteiger partial charge in [0.1, 0.15) is 11.5 Å². The number of hydrogen-bond donors (Lipinski definition) is 1. The molecule has 1 atom stereocenters. The van der Waals surface area contributed by atoms with Crippen molar-refractivity contribution >= 4 is 17.5 Å². The van der Waals surface area contributed by atoms with Gasteiger partial charge in [-0.25, -0.2) is 4.98 Å². The van der Waals surface area contributed by atoms with E-state index in [1.54, 1.807) is 25.1 Å². The van der Waals surface area contributed by atoms with E-state index in [-0.39, 0.29) is 5.78 Å². The summed E-state index contributed by atoms with van der Waals surface area (Å²) in [5.41, 5.74) is 3.18. The van der Waals surface area contributed by atoms with Gasteiger partial charge >= 0.3 is 0 Å². The molecule has 3 aromatic carbocycles. The van der Waals surface area contributed by atoms with Gasteiger partial charge in [0.25, 0.3) is 0 Å². The van der Waals surface area contributed by atoms with Gasteiger partial charge in [0.15, 0.2) is 17.2 Å². The smallest absolute Gasteiger partial charge is 0.188 e. The summed E-state index contributed by atoms with van der Waals surface area (Å²) in [5, 5.41) is 0. The number of carbonyl (C=O) groups excluding carboxylic acids is 1. The van der Waals surface area contributed by atoms with Crippen LogP contribution >= 0.6 is 11.8 Å². The predicted molar refractivity (Wildman–Crippen MR) is 138 cm³/mol. The Labute approximate surface area is 209 Å². The molecular formula is C29H28N2O3S. The summed E-state index contributed by atoms with van der Waals surface area (Å²) in [5.74, 6) is 3.25. The molecule has 1 heterocycles. The van der Waals surface area contributed by atoms with Crippen LogP contribution in [-0.4, -0.2) is 22.9 Å². The van der Waals surface area contributed by atoms with Crippen molar-refractivity contribution in [3.8, 4) is 11.5 Å². The Kier molecular flexibility index (Phi) is 6.64. The number of methoxy groups -OCH3 is 1. The topological polar surface area (TPSA) is 64.2 Å². The monoisotopic (exact) mass is 484 g/mol. The fourth-order valence-electron chi connectivity index (χ4n) is 4.61. The maximum Gasteiger partial charge on any atom is 0.188 e. The average molecular weight is 485 g/mol. The van der Waals surface area contributed by atoms with Crippen LogP contribution < -0.4 is 9.47 Å². The van der Waals surface area contributed by atoms with Crippen molar-refractivity contribution in [2.24, 2.45) is 0 Å². The number of aromatic nitrogens is 2. The zero-order valence-electron chi connectivity index (χ0n) is 19.9. The summed E-state index contributed by atoms with van der Waals surface area (Å²) in [6.07, 6.45) is 5.90. The minimum Gasteiger partial charge on any atom is -0.497 e. The molecular weight excluding hydrogens is 456 g/mol. The van der Waals surface area contributed by atoms with Crippen molar-refractivity contribution in [3.05, 3.63) is 107 Å². The zero-order valence-corrected chi connectivity index (χ0v) is 20.7. The summed E-state index contributed by atoms with van der Waals surface area (Å²) in [4.78, 5) is 21.6. The first-order valence-electron chi connectivity index (χ1n) is 11.8. The van der Waals surface area contributed by atoms with Crippen molar-refractivity contribution in [1.82, 2.24) is 9.97 Å². The number of H-pyrrole nitrogens is 1. The Balaban J connectivity index is 1.55. The second kappa shape index (κ2) is 10.0. The van der Waals surface area contributed by atoms with Crippen molar-refractivity contribution in [2.45, 2.75) is 42.4 Å². The van der Waals surface area contributed by atoms with Gasteiger partial charge in [-0.2, -0.15) is 0 Å². The number of fused-ring (bicyclic) bond motifs is 1. The van der Waals surface area contributed by atoms with Gasteiger partial charge in [0.2, 0.25) is 0 Å². The van der Waals surface area contributed by atoms with E-state index in [1.807, 2.05) is 55.6 Å². The minimum absolute atomic E-state index is 0.213. The molecule has 4 aromatic rings. The summed E-state index contributed by atoms with van der Waals surface area (Å²) in [6, 6.07) is 22.0. The number of ketones is 1. The number of ether oxygens (including phenoxy) is 2. The molecule has 0 spiro atoms. The van der Waals surface area contributed by atoms with Crippen LogP contribution in [0.25, 0.3) is 0 Å². The lowest BCUT2D eigenvalue weighted by Crippen LogP contribution is -2.33. The zero-order chi connectivity index (χ0) is 24.3. The lowest BCUT2D eigenvalue weighted by atomic mass is 9.87. The van der Waals surface area contributed by atoms with Crippen molar-refractivity contribution in [1.29, 1.82) is 0 Å². The van der Waals surface area contributed by atoms with Crippen LogP contribution in [0.5, 0.6) is 11.5 Å². The fourth-order valence-corrected chi connectivity index (χ4v) is 5.56. The molecule has 6 heteroatoms. The lowest BCUT2D eigenvalue weighted by molar-refractivity contribution is 0.0971. The van der Waals surface area contributed by atoms with Crippen LogP contribution in [0.4, 0.5) is 0 Å². The number of thioether (sulfide) groups is 1. The van der Waals surface area contributed by atoms with E-state index in [0.717, 1.165) is 57.3 Å². The second-order valence-corrected chi connectivity index (χ2v) is 9.80. The molecule has 0 aliphatic heterocycles. The van der Waals surface area contributed by atoms with Crippen LogP contribution in [-0.2, 0) is 17.8 Å². The molecule has 1 aliphatic carbocycles. The number of benzene rings is 3. The summed E-state index contributed by atoms with van der Waals surface area (Å²) in [6.45, 7) is 2.03. The molecule has 35 heavy (non-hydrogen) atoms. The highest BCUT2D eigenvalue weighted by molar-refractivity contribution is 7.98. The average Bonchev–Trinajstić information content (AvgIpc) is 3.45. The summed E-state index contributed by atoms with van der Waals surface area (Å²) in [7, 11) is 1.67. The Hall–Kier alpha value is -3.51. The first-order chi connectivity index (χ1) is 17.1. The standard InChI is InChI=1S/C29H28N2O3S/c1-29(28-30-17-18-31-28,20-7-4-3-5-8-20)34-27-16-15-24-23(9-6-10-26(24)32)25(27)19-35-22-13-11-21(33-2)12-14-22/h3-5,7-8,11-18H,6,9-10,19H2,1-2H3,(H,30,31)/t29-/m0/s1. The van der Waals surface area contributed by atoms with Crippen LogP contribution in [0.2, 0.25) is 0 Å². The lowest BCUT2D eigenvalue weighted by Gasteiger charge is -2.32. The number of nitrogens with zero attached hydrogens (tertiary/aromatic N) is 1. The number of carbonyl (C=O) groups is 1. The molecule has 0 radical (unpaired) electrons. The highest BCUT2D eigenvalue weighted by Crippen LogP contribution is 2.40. The van der Waals surface area contributed by atoms with Gasteiger partial charge in [0.05, 0.1) is 7.11 Å². The van der Waals surface area contributed by atoms with Gasteiger partial charge in [-0.3, -0.25) is 4.79 Å². The Morgan fingerprint density at radius 3 is 2.54 bits per heavy atom. The van der Waals surface area contributed by atoms with Crippen LogP contribution in [0.3, 0.4) is 0 Å². The molecule has 0 fully saturated rings. The molecule has 1 aliphatic rings. The summed E-state index contributed by atoms with van der Waals surface area (Å²) >= 11 is 1.73. The van der Waals surface area contributed by atoms with Gasteiger partial charge in [-0.1, -0.05) is 30.3 Å². The molecule has 1 N–H and O–H groups in total. The number of imidazole rings is 1. The maximum absolute atomic E-state index is 12.7. The van der Waals surface area contributed by atoms with Crippen molar-refractivity contribution in [2.75, 3.05) is 7.11 Å². The summed E-state index contributed by atoms with van der Waals surface area (Å²) < 4.78 is 12.1. The van der Waals surface area contributed by atoms with Crippen LogP contribution in [0.15, 0.2) is 84.0 Å². The Bertz CT molecular complexity index is 1300. The van der Waals surface area contributed by atoms with E-state index in [4.69, 9.17) is 9.47 Å². The quantitative estimate of drug-likeness (QED) is 0.287. The predicted octanol–water partition coefficient (Wildman–Crippen LogP) is 6.57. The minimum atomic E-state index is -0.822. The number of aromatic amines is 1. The van der Waals surface area contributed by atoms with Crippen molar-refractivity contribution < 1.29 is 14.3 Å². The molecule has 5 rings (SSSR count). The third kappa shape index (κ3) is 4.71. The van der Waals surface area contributed by atoms with E-state index in [9.17, 15) is 4.79 Å². The fraction of sp³-hybridized carbons (Fsp3) is 0.241. The number of nitrogens with one attached hydrogen (secondary N) is 1. The number of hydrogen-bond acceptors (Lipinski definition) is 5. The van der Waals surface area contributed by atoms with Crippen LogP contribution in [0.1, 0.15) is 52.6 Å². The van der Waals surface area contributed by atoms with Gasteiger partial charge in [0, 0.05) is 46.2 Å². The number of Topliss-reactive ketones (excluding diaryl/α,β-unsaturated/α-hetero) is 1. The Morgan fingerprint density at radius 1 is 1.03 bits per heavy atom. The molecule has 0 amide bonds. The molecule has 0 unspecified atom stereocenters. The third-order valence-corrected chi connectivity index (χ3v) is 7.59. The van der Waals surface area contributed by atoms with Gasteiger partial charge in [-0.05, 0) is 61.7 Å². The van der Waals surface area contributed by atoms with Crippen molar-refractivity contribution in [3.63, 3.8) is 0 Å². The third-order valence-electron chi connectivity index (χ3n) is 6.55. The van der Waals surface area contributed by atoms with E-state index in [1.165, 1.54) is 0 Å². The van der Waals surface area contributed by atoms with E-state index in [0.29, 0.717) is 12.2 Å². The number of rotatable bonds is 8. The van der Waals surface area contributed by atoms with Crippen LogP contribution in [0, 0.1) is 0 Å².